The van der Waals surface area contributed by atoms with Gasteiger partial charge in [0.25, 0.3) is 11.7 Å². The molecule has 5 nitrogen and oxygen atoms in total. The molecule has 0 atom stereocenters. The number of alkyl halides is 3. The molecule has 0 radical (unpaired) electrons. The van der Waals surface area contributed by atoms with Crippen molar-refractivity contribution < 1.29 is 22.4 Å². The number of halogens is 6. The number of rotatable bonds is 5. The van der Waals surface area contributed by atoms with E-state index in [1.165, 1.54) is 55.0 Å². The molecule has 0 spiro atoms. The first-order valence-corrected chi connectivity index (χ1v) is 11.5. The van der Waals surface area contributed by atoms with Gasteiger partial charge in [0.05, 0.1) is 11.8 Å². The second-order valence-electron chi connectivity index (χ2n) is 7.80. The van der Waals surface area contributed by atoms with Gasteiger partial charge < -0.3 is 8.98 Å². The summed E-state index contributed by atoms with van der Waals surface area (Å²) in [6, 6.07) is 11.9. The zero-order chi connectivity index (χ0) is 25.6. The number of aromatic nitrogens is 3. The predicted octanol–water partition coefficient (Wildman–Crippen LogP) is 7.95. The summed E-state index contributed by atoms with van der Waals surface area (Å²) >= 11 is 18.3. The fourth-order valence-corrected chi connectivity index (χ4v) is 4.61. The van der Waals surface area contributed by atoms with Crippen molar-refractivity contribution in [3.05, 3.63) is 105 Å². The van der Waals surface area contributed by atoms with Crippen molar-refractivity contribution >= 4 is 51.5 Å². The maximum Gasteiger partial charge on any atom is 0.432 e. The Balaban J connectivity index is 1.71. The molecular weight excluding hydrogens is 538 g/mol. The predicted molar refractivity (Wildman–Crippen MR) is 131 cm³/mol. The number of carbonyl (C=O) groups excluding carboxylic acids is 1. The summed E-state index contributed by atoms with van der Waals surface area (Å²) in [6.45, 7) is -0.274. The molecule has 3 aromatic heterocycles. The molecule has 182 valence electrons. The molecule has 5 rings (SSSR count). The number of hydrogen-bond acceptors (Lipinski definition) is 4. The van der Waals surface area contributed by atoms with Gasteiger partial charge in [0.1, 0.15) is 5.69 Å². The molecule has 36 heavy (non-hydrogen) atoms. The quantitative estimate of drug-likeness (QED) is 0.208. The summed E-state index contributed by atoms with van der Waals surface area (Å²) < 4.78 is 50.2. The molecule has 0 aliphatic rings. The van der Waals surface area contributed by atoms with Crippen LogP contribution in [0.5, 0.6) is 0 Å². The van der Waals surface area contributed by atoms with Crippen LogP contribution in [0.2, 0.25) is 15.1 Å². The zero-order valence-electron chi connectivity index (χ0n) is 18.0. The van der Waals surface area contributed by atoms with Gasteiger partial charge in [0, 0.05) is 50.5 Å². The molecule has 0 unspecified atom stereocenters. The van der Waals surface area contributed by atoms with E-state index in [1.807, 2.05) is 0 Å². The van der Waals surface area contributed by atoms with Gasteiger partial charge in [-0.15, -0.1) is 0 Å². The van der Waals surface area contributed by atoms with Crippen molar-refractivity contribution in [2.45, 2.75) is 12.7 Å². The van der Waals surface area contributed by atoms with E-state index in [-0.39, 0.29) is 33.3 Å². The SMILES string of the molecule is O=C(c1ncc(-c2ccncc2)o1)c1c(C(F)(F)F)n(Cc2ccc(Cl)cc2Cl)c2ccc(Cl)cc12. The highest BCUT2D eigenvalue weighted by atomic mass is 35.5. The monoisotopic (exact) mass is 549 g/mol. The summed E-state index contributed by atoms with van der Waals surface area (Å²) in [5.41, 5.74) is -0.696. The molecule has 0 aliphatic carbocycles. The van der Waals surface area contributed by atoms with E-state index in [0.29, 0.717) is 16.1 Å². The van der Waals surface area contributed by atoms with E-state index in [9.17, 15) is 18.0 Å². The minimum Gasteiger partial charge on any atom is -0.433 e. The Morgan fingerprint density at radius 3 is 2.36 bits per heavy atom. The third-order valence-corrected chi connectivity index (χ3v) is 6.35. The first kappa shape index (κ1) is 24.4. The van der Waals surface area contributed by atoms with Crippen molar-refractivity contribution in [3.8, 4) is 11.3 Å². The minimum atomic E-state index is -4.91. The van der Waals surface area contributed by atoms with Gasteiger partial charge in [0.15, 0.2) is 5.76 Å². The van der Waals surface area contributed by atoms with Crippen LogP contribution in [0.25, 0.3) is 22.2 Å². The topological polar surface area (TPSA) is 60.9 Å². The third kappa shape index (κ3) is 4.48. The molecule has 11 heteroatoms. The maximum absolute atomic E-state index is 14.5. The number of nitrogens with zero attached hydrogens (tertiary/aromatic N) is 3. The number of benzene rings is 2. The molecule has 0 aliphatic heterocycles. The van der Waals surface area contributed by atoms with Gasteiger partial charge >= 0.3 is 6.18 Å². The van der Waals surface area contributed by atoms with Gasteiger partial charge in [-0.2, -0.15) is 13.2 Å². The van der Waals surface area contributed by atoms with Gasteiger partial charge in [-0.3, -0.25) is 9.78 Å². The van der Waals surface area contributed by atoms with Crippen LogP contribution in [0.1, 0.15) is 27.5 Å². The highest BCUT2D eigenvalue weighted by Gasteiger charge is 2.42. The Morgan fingerprint density at radius 2 is 1.67 bits per heavy atom. The Kier molecular flexibility index (Phi) is 6.28. The van der Waals surface area contributed by atoms with Crippen molar-refractivity contribution in [2.75, 3.05) is 0 Å². The molecule has 0 N–H and O–H groups in total. The van der Waals surface area contributed by atoms with E-state index >= 15 is 0 Å². The minimum absolute atomic E-state index is 0.00794. The van der Waals surface area contributed by atoms with Crippen molar-refractivity contribution in [1.29, 1.82) is 0 Å². The van der Waals surface area contributed by atoms with Gasteiger partial charge in [-0.05, 0) is 48.0 Å². The van der Waals surface area contributed by atoms with Crippen LogP contribution >= 0.6 is 34.8 Å². The largest absolute Gasteiger partial charge is 0.433 e. The zero-order valence-corrected chi connectivity index (χ0v) is 20.3. The average molecular weight is 551 g/mol. The average Bonchev–Trinajstić information content (AvgIpc) is 3.44. The van der Waals surface area contributed by atoms with Gasteiger partial charge in [0.2, 0.25) is 0 Å². The van der Waals surface area contributed by atoms with Crippen LogP contribution in [-0.4, -0.2) is 20.3 Å². The van der Waals surface area contributed by atoms with E-state index in [1.54, 1.807) is 12.1 Å². The van der Waals surface area contributed by atoms with E-state index in [2.05, 4.69) is 9.97 Å². The van der Waals surface area contributed by atoms with Crippen molar-refractivity contribution in [2.24, 2.45) is 0 Å². The fourth-order valence-electron chi connectivity index (χ4n) is 3.97. The first-order chi connectivity index (χ1) is 17.1. The van der Waals surface area contributed by atoms with Crippen LogP contribution in [0.4, 0.5) is 13.2 Å². The molecular formula is C25H13Cl3F3N3O2. The second-order valence-corrected chi connectivity index (χ2v) is 9.08. The number of ketones is 1. The highest BCUT2D eigenvalue weighted by molar-refractivity contribution is 6.35. The van der Waals surface area contributed by atoms with Crippen LogP contribution in [0.15, 0.2) is 71.5 Å². The molecule has 0 bridgehead atoms. The standard InChI is InChI=1S/C25H13Cl3F3N3O2/c26-15-3-4-19-17(9-15)21(22(35)24-33-11-20(36-24)13-5-7-32-8-6-13)23(25(29,30)31)34(19)12-14-1-2-16(27)10-18(14)28/h1-11H,12H2. The Hall–Kier alpha value is -3.33. The lowest BCUT2D eigenvalue weighted by atomic mass is 10.1. The smallest absolute Gasteiger partial charge is 0.432 e. The molecule has 5 aromatic rings. The second kappa shape index (κ2) is 9.28. The summed E-state index contributed by atoms with van der Waals surface area (Å²) in [4.78, 5) is 21.4. The van der Waals surface area contributed by atoms with Gasteiger partial charge in [-0.25, -0.2) is 4.98 Å². The highest BCUT2D eigenvalue weighted by Crippen LogP contribution is 2.41. The van der Waals surface area contributed by atoms with Gasteiger partial charge in [-0.1, -0.05) is 40.9 Å². The molecule has 0 saturated heterocycles. The molecule has 0 saturated carbocycles. The first-order valence-electron chi connectivity index (χ1n) is 10.4. The normalized spacial score (nSPS) is 11.8. The van der Waals surface area contributed by atoms with E-state index in [0.717, 1.165) is 4.57 Å². The van der Waals surface area contributed by atoms with E-state index < -0.39 is 29.1 Å². The number of carbonyl (C=O) groups is 1. The molecule has 3 heterocycles. The lowest BCUT2D eigenvalue weighted by molar-refractivity contribution is -0.143. The molecule has 0 fully saturated rings. The lowest BCUT2D eigenvalue weighted by Gasteiger charge is -2.15. The van der Waals surface area contributed by atoms with Crippen LogP contribution < -0.4 is 0 Å². The molecule has 0 amide bonds. The summed E-state index contributed by atoms with van der Waals surface area (Å²) in [5, 5.41) is 0.702. The summed E-state index contributed by atoms with van der Waals surface area (Å²) in [7, 11) is 0. The number of pyridine rings is 1. The van der Waals surface area contributed by atoms with E-state index in [4.69, 9.17) is 39.2 Å². The summed E-state index contributed by atoms with van der Waals surface area (Å²) in [5.74, 6) is -1.31. The number of fused-ring (bicyclic) bond motifs is 1. The van der Waals surface area contributed by atoms with Crippen LogP contribution in [0.3, 0.4) is 0 Å². The van der Waals surface area contributed by atoms with Crippen LogP contribution in [0, 0.1) is 0 Å². The number of oxazole rings is 1. The Labute approximate surface area is 217 Å². The van der Waals surface area contributed by atoms with Crippen LogP contribution in [-0.2, 0) is 12.7 Å². The third-order valence-electron chi connectivity index (χ3n) is 5.53. The Morgan fingerprint density at radius 1 is 0.972 bits per heavy atom. The Bertz CT molecular complexity index is 1610. The summed E-state index contributed by atoms with van der Waals surface area (Å²) in [6.07, 6.45) is -0.609. The fraction of sp³-hybridized carbons (Fsp3) is 0.0800. The maximum atomic E-state index is 14.5. The number of hydrogen-bond donors (Lipinski definition) is 0. The van der Waals surface area contributed by atoms with Crippen molar-refractivity contribution in [3.63, 3.8) is 0 Å². The molecule has 2 aromatic carbocycles. The van der Waals surface area contributed by atoms with Crippen molar-refractivity contribution in [1.82, 2.24) is 14.5 Å². The lowest BCUT2D eigenvalue weighted by Crippen LogP contribution is -2.19.